The van der Waals surface area contributed by atoms with Crippen LogP contribution in [0.15, 0.2) is 29.2 Å². The molecule has 120 valence electrons. The number of amides is 1. The van der Waals surface area contributed by atoms with E-state index in [1.54, 1.807) is 0 Å². The van der Waals surface area contributed by atoms with Crippen LogP contribution in [0.25, 0.3) is 0 Å². The number of nitrogens with one attached hydrogen (secondary N) is 2. The SMILES string of the molecule is CNS(=O)(=O)c1cccc(C(=O)O[C@@H](C)C(=O)NC2CC2)c1. The van der Waals surface area contributed by atoms with Crippen molar-refractivity contribution in [2.24, 2.45) is 0 Å². The molecule has 1 atom stereocenters. The molecule has 1 aliphatic carbocycles. The first-order chi connectivity index (χ1) is 10.3. The number of sulfonamides is 1. The highest BCUT2D eigenvalue weighted by atomic mass is 32.2. The first kappa shape index (κ1) is 16.4. The molecule has 0 radical (unpaired) electrons. The molecular weight excluding hydrogens is 308 g/mol. The summed E-state index contributed by atoms with van der Waals surface area (Å²) >= 11 is 0. The minimum Gasteiger partial charge on any atom is -0.449 e. The fourth-order valence-corrected chi connectivity index (χ4v) is 2.51. The lowest BCUT2D eigenvalue weighted by molar-refractivity contribution is -0.129. The molecule has 8 heteroatoms. The number of hydrogen-bond donors (Lipinski definition) is 2. The fourth-order valence-electron chi connectivity index (χ4n) is 1.74. The van der Waals surface area contributed by atoms with Crippen molar-refractivity contribution in [3.8, 4) is 0 Å². The van der Waals surface area contributed by atoms with Gasteiger partial charge in [-0.25, -0.2) is 17.9 Å². The summed E-state index contributed by atoms with van der Waals surface area (Å²) in [5, 5.41) is 2.73. The Kier molecular flexibility index (Phi) is 4.82. The fraction of sp³-hybridized carbons (Fsp3) is 0.429. The minimum absolute atomic E-state index is 0.0421. The Morgan fingerprint density at radius 1 is 1.32 bits per heavy atom. The van der Waals surface area contributed by atoms with Crippen LogP contribution >= 0.6 is 0 Å². The highest BCUT2D eigenvalue weighted by molar-refractivity contribution is 7.89. The van der Waals surface area contributed by atoms with Crippen LogP contribution in [0.5, 0.6) is 0 Å². The summed E-state index contributed by atoms with van der Waals surface area (Å²) < 4.78 is 30.6. The molecule has 22 heavy (non-hydrogen) atoms. The molecule has 0 aromatic heterocycles. The lowest BCUT2D eigenvalue weighted by atomic mass is 10.2. The van der Waals surface area contributed by atoms with Crippen molar-refractivity contribution in [3.05, 3.63) is 29.8 Å². The number of ether oxygens (including phenoxy) is 1. The van der Waals surface area contributed by atoms with E-state index in [1.807, 2.05) is 0 Å². The van der Waals surface area contributed by atoms with E-state index in [0.717, 1.165) is 12.8 Å². The summed E-state index contributed by atoms with van der Waals surface area (Å²) in [5.74, 6) is -1.10. The van der Waals surface area contributed by atoms with Crippen molar-refractivity contribution in [2.45, 2.75) is 36.8 Å². The quantitative estimate of drug-likeness (QED) is 0.738. The zero-order valence-electron chi connectivity index (χ0n) is 12.3. The third kappa shape index (κ3) is 4.05. The molecule has 1 aliphatic rings. The second-order valence-corrected chi connectivity index (χ2v) is 6.95. The summed E-state index contributed by atoms with van der Waals surface area (Å²) in [6.07, 6.45) is 0.949. The first-order valence-electron chi connectivity index (χ1n) is 6.88. The molecule has 2 rings (SSSR count). The molecular formula is C14H18N2O5S. The third-order valence-corrected chi connectivity index (χ3v) is 4.64. The van der Waals surface area contributed by atoms with Crippen molar-refractivity contribution >= 4 is 21.9 Å². The maximum atomic E-state index is 12.0. The summed E-state index contributed by atoms with van der Waals surface area (Å²) in [4.78, 5) is 23.7. The van der Waals surface area contributed by atoms with E-state index in [2.05, 4.69) is 10.0 Å². The molecule has 2 N–H and O–H groups in total. The number of rotatable bonds is 6. The Hall–Kier alpha value is -1.93. The number of carbonyl (C=O) groups is 2. The van der Waals surface area contributed by atoms with E-state index < -0.39 is 22.1 Å². The zero-order valence-corrected chi connectivity index (χ0v) is 13.1. The summed E-state index contributed by atoms with van der Waals surface area (Å²) in [7, 11) is -2.36. The summed E-state index contributed by atoms with van der Waals surface area (Å²) in [6.45, 7) is 1.48. The van der Waals surface area contributed by atoms with Gasteiger partial charge in [0.15, 0.2) is 6.10 Å². The summed E-state index contributed by atoms with van der Waals surface area (Å²) in [5.41, 5.74) is 0.0717. The van der Waals surface area contributed by atoms with Gasteiger partial charge in [-0.2, -0.15) is 0 Å². The van der Waals surface area contributed by atoms with E-state index in [-0.39, 0.29) is 22.4 Å². The van der Waals surface area contributed by atoms with Crippen LogP contribution in [-0.2, 0) is 19.6 Å². The van der Waals surface area contributed by atoms with Crippen LogP contribution in [0.3, 0.4) is 0 Å². The van der Waals surface area contributed by atoms with E-state index in [1.165, 1.54) is 38.2 Å². The van der Waals surface area contributed by atoms with Crippen molar-refractivity contribution in [1.82, 2.24) is 10.0 Å². The Morgan fingerprint density at radius 2 is 2.00 bits per heavy atom. The molecule has 0 heterocycles. The topological polar surface area (TPSA) is 102 Å². The first-order valence-corrected chi connectivity index (χ1v) is 8.37. The van der Waals surface area contributed by atoms with Crippen LogP contribution in [0.2, 0.25) is 0 Å². The van der Waals surface area contributed by atoms with Gasteiger partial charge in [-0.1, -0.05) is 6.07 Å². The molecule has 1 saturated carbocycles. The standard InChI is InChI=1S/C14H18N2O5S/c1-9(13(17)16-11-6-7-11)21-14(18)10-4-3-5-12(8-10)22(19,20)15-2/h3-5,8-9,11,15H,6-7H2,1-2H3,(H,16,17)/t9-/m0/s1. The number of hydrogen-bond acceptors (Lipinski definition) is 5. The average Bonchev–Trinajstić information content (AvgIpc) is 3.31. The Morgan fingerprint density at radius 3 is 2.59 bits per heavy atom. The predicted octanol–water partition coefficient (Wildman–Crippen LogP) is 0.419. The molecule has 1 amide bonds. The van der Waals surface area contributed by atoms with Gasteiger partial charge in [0.25, 0.3) is 5.91 Å². The predicted molar refractivity (Wildman–Crippen MR) is 78.7 cm³/mol. The zero-order chi connectivity index (χ0) is 16.3. The maximum Gasteiger partial charge on any atom is 0.338 e. The maximum absolute atomic E-state index is 12.0. The smallest absolute Gasteiger partial charge is 0.338 e. The van der Waals surface area contributed by atoms with Gasteiger partial charge in [0.05, 0.1) is 10.5 Å². The molecule has 1 aromatic rings. The normalized spacial score (nSPS) is 15.9. The van der Waals surface area contributed by atoms with Crippen LogP contribution in [-0.4, -0.2) is 39.5 Å². The van der Waals surface area contributed by atoms with E-state index in [0.29, 0.717) is 0 Å². The minimum atomic E-state index is -3.64. The molecule has 1 fully saturated rings. The highest BCUT2D eigenvalue weighted by Gasteiger charge is 2.27. The van der Waals surface area contributed by atoms with Crippen LogP contribution in [0.4, 0.5) is 0 Å². The lowest BCUT2D eigenvalue weighted by Crippen LogP contribution is -2.37. The molecule has 0 saturated heterocycles. The van der Waals surface area contributed by atoms with Crippen molar-refractivity contribution in [1.29, 1.82) is 0 Å². The highest BCUT2D eigenvalue weighted by Crippen LogP contribution is 2.19. The van der Waals surface area contributed by atoms with Gasteiger partial charge >= 0.3 is 5.97 Å². The Balaban J connectivity index is 2.06. The van der Waals surface area contributed by atoms with Crippen LogP contribution < -0.4 is 10.0 Å². The Labute approximate surface area is 129 Å². The van der Waals surface area contributed by atoms with Gasteiger partial charge in [-0.05, 0) is 45.0 Å². The number of esters is 1. The largest absolute Gasteiger partial charge is 0.449 e. The molecule has 0 bridgehead atoms. The van der Waals surface area contributed by atoms with Gasteiger partial charge < -0.3 is 10.1 Å². The second kappa shape index (κ2) is 6.45. The van der Waals surface area contributed by atoms with Crippen LogP contribution in [0, 0.1) is 0 Å². The molecule has 0 unspecified atom stereocenters. The van der Waals surface area contributed by atoms with Crippen molar-refractivity contribution in [3.63, 3.8) is 0 Å². The molecule has 1 aromatic carbocycles. The second-order valence-electron chi connectivity index (χ2n) is 5.07. The molecule has 0 spiro atoms. The van der Waals surface area contributed by atoms with Crippen LogP contribution in [0.1, 0.15) is 30.1 Å². The monoisotopic (exact) mass is 326 g/mol. The number of carbonyl (C=O) groups excluding carboxylic acids is 2. The van der Waals surface area contributed by atoms with E-state index in [4.69, 9.17) is 4.74 Å². The van der Waals surface area contributed by atoms with Crippen molar-refractivity contribution < 1.29 is 22.7 Å². The Bertz CT molecular complexity index is 682. The van der Waals surface area contributed by atoms with Crippen molar-refractivity contribution in [2.75, 3.05) is 7.05 Å². The van der Waals surface area contributed by atoms with Gasteiger partial charge in [0.1, 0.15) is 0 Å². The molecule has 7 nitrogen and oxygen atoms in total. The van der Waals surface area contributed by atoms with Gasteiger partial charge in [-0.15, -0.1) is 0 Å². The number of benzene rings is 1. The lowest BCUT2D eigenvalue weighted by Gasteiger charge is -2.13. The molecule has 0 aliphatic heterocycles. The van der Waals surface area contributed by atoms with E-state index in [9.17, 15) is 18.0 Å². The van der Waals surface area contributed by atoms with Gasteiger partial charge in [-0.3, -0.25) is 4.79 Å². The summed E-state index contributed by atoms with van der Waals surface area (Å²) in [6, 6.07) is 5.63. The van der Waals surface area contributed by atoms with Gasteiger partial charge in [0, 0.05) is 6.04 Å². The van der Waals surface area contributed by atoms with E-state index >= 15 is 0 Å². The van der Waals surface area contributed by atoms with Gasteiger partial charge in [0.2, 0.25) is 10.0 Å². The average molecular weight is 326 g/mol. The third-order valence-electron chi connectivity index (χ3n) is 3.23.